The molecule has 0 aliphatic carbocycles. The molecule has 2 amide bonds. The first-order valence-electron chi connectivity index (χ1n) is 17.3. The third-order valence-electron chi connectivity index (χ3n) is 8.71. The van der Waals surface area contributed by atoms with Crippen LogP contribution in [0.15, 0.2) is 97.6 Å². The summed E-state index contributed by atoms with van der Waals surface area (Å²) < 4.78 is 10.9. The number of nitrogens with one attached hydrogen (secondary N) is 2. The number of fused-ring (bicyclic) bond motifs is 2. The van der Waals surface area contributed by atoms with Crippen molar-refractivity contribution in [2.75, 3.05) is 32.2 Å². The van der Waals surface area contributed by atoms with Gasteiger partial charge in [0.1, 0.15) is 0 Å². The van der Waals surface area contributed by atoms with Crippen LogP contribution in [0, 0.1) is 0 Å². The average Bonchev–Trinajstić information content (AvgIpc) is 3.76. The molecule has 0 saturated carbocycles. The Labute approximate surface area is 303 Å². The summed E-state index contributed by atoms with van der Waals surface area (Å²) in [6.07, 6.45) is 3.11. The Morgan fingerprint density at radius 3 is 1.65 bits per heavy atom. The Morgan fingerprint density at radius 1 is 0.692 bits per heavy atom. The number of carbonyl (C=O) groups is 3. The van der Waals surface area contributed by atoms with Crippen LogP contribution in [-0.4, -0.2) is 54.0 Å². The molecule has 0 saturated heterocycles. The van der Waals surface area contributed by atoms with Crippen LogP contribution in [0.3, 0.4) is 0 Å². The number of hydrogen-bond donors (Lipinski definition) is 5. The van der Waals surface area contributed by atoms with E-state index in [4.69, 9.17) is 26.7 Å². The molecule has 2 aromatic heterocycles. The molecule has 0 aliphatic heterocycles. The fraction of sp³-hybridized carbons (Fsp3) is 0.214. The fourth-order valence-electron chi connectivity index (χ4n) is 6.21. The first-order chi connectivity index (χ1) is 25.1. The van der Waals surface area contributed by atoms with Gasteiger partial charge in [-0.15, -0.1) is 0 Å². The van der Waals surface area contributed by atoms with E-state index in [2.05, 4.69) is 22.6 Å². The number of nitrogens with two attached hydrogens (primary N) is 3. The SMILES string of the molecule is C=CC(=O)Cc1cccc(-c2ccc(C(N)=O)c3[nH]c(CCOCC)cc23)c1.CCOCCc1cc2c(-c3cccc(N)c3)ccc(C(N)=O)c2[nH]1. The van der Waals surface area contributed by atoms with E-state index >= 15 is 0 Å². The van der Waals surface area contributed by atoms with E-state index in [1.165, 1.54) is 6.08 Å². The Balaban J connectivity index is 0.000000203. The Bertz CT molecular complexity index is 2230. The number of anilines is 1. The molecule has 0 fully saturated rings. The first-order valence-corrected chi connectivity index (χ1v) is 17.3. The third kappa shape index (κ3) is 8.84. The maximum Gasteiger partial charge on any atom is 0.250 e. The average molecular weight is 700 g/mol. The van der Waals surface area contributed by atoms with Crippen molar-refractivity contribution in [2.45, 2.75) is 33.1 Å². The predicted octanol–water partition coefficient (Wildman–Crippen LogP) is 6.91. The number of aromatic nitrogens is 2. The summed E-state index contributed by atoms with van der Waals surface area (Å²) in [6, 6.07) is 26.9. The summed E-state index contributed by atoms with van der Waals surface area (Å²) in [7, 11) is 0. The Kier molecular flexibility index (Phi) is 12.4. The van der Waals surface area contributed by atoms with E-state index in [9.17, 15) is 14.4 Å². The quantitative estimate of drug-likeness (QED) is 0.0442. The number of primary amides is 2. The summed E-state index contributed by atoms with van der Waals surface area (Å²) in [6.45, 7) is 10.0. The van der Waals surface area contributed by atoms with Crippen LogP contribution in [0.5, 0.6) is 0 Å². The van der Waals surface area contributed by atoms with Gasteiger partial charge in [0.25, 0.3) is 11.8 Å². The highest BCUT2D eigenvalue weighted by atomic mass is 16.5. The molecule has 0 bridgehead atoms. The topological polar surface area (TPSA) is 179 Å². The number of hydrogen-bond acceptors (Lipinski definition) is 6. The monoisotopic (exact) mass is 699 g/mol. The molecule has 4 aromatic carbocycles. The van der Waals surface area contributed by atoms with Gasteiger partial charge in [-0.3, -0.25) is 14.4 Å². The normalized spacial score (nSPS) is 11.0. The molecule has 0 radical (unpaired) electrons. The van der Waals surface area contributed by atoms with Crippen LogP contribution >= 0.6 is 0 Å². The van der Waals surface area contributed by atoms with Crippen LogP contribution in [0.2, 0.25) is 0 Å². The second-order valence-corrected chi connectivity index (χ2v) is 12.3. The number of benzene rings is 4. The van der Waals surface area contributed by atoms with Crippen molar-refractivity contribution in [3.05, 3.63) is 126 Å². The van der Waals surface area contributed by atoms with Crippen molar-refractivity contribution in [3.63, 3.8) is 0 Å². The summed E-state index contributed by atoms with van der Waals surface area (Å²) in [4.78, 5) is 42.0. The molecule has 8 N–H and O–H groups in total. The molecule has 6 aromatic rings. The molecular weight excluding hydrogens is 654 g/mol. The lowest BCUT2D eigenvalue weighted by atomic mass is 9.96. The van der Waals surface area contributed by atoms with Gasteiger partial charge < -0.3 is 36.6 Å². The number of H-pyrrole nitrogens is 2. The highest BCUT2D eigenvalue weighted by Gasteiger charge is 2.16. The third-order valence-corrected chi connectivity index (χ3v) is 8.71. The van der Waals surface area contributed by atoms with Gasteiger partial charge in [0.2, 0.25) is 0 Å². The van der Waals surface area contributed by atoms with Gasteiger partial charge in [0.05, 0.1) is 35.4 Å². The summed E-state index contributed by atoms with van der Waals surface area (Å²) in [5.41, 5.74) is 27.0. The van der Waals surface area contributed by atoms with E-state index in [0.717, 1.165) is 67.4 Å². The molecule has 10 nitrogen and oxygen atoms in total. The number of ether oxygens (including phenoxy) is 2. The molecule has 0 aliphatic rings. The molecule has 0 spiro atoms. The minimum absolute atomic E-state index is 0.0220. The smallest absolute Gasteiger partial charge is 0.250 e. The summed E-state index contributed by atoms with van der Waals surface area (Å²) in [5.74, 6) is -0.941. The number of nitrogen functional groups attached to an aromatic ring is 1. The van der Waals surface area contributed by atoms with Crippen LogP contribution in [0.25, 0.3) is 44.1 Å². The van der Waals surface area contributed by atoms with E-state index < -0.39 is 11.8 Å². The molecule has 2 heterocycles. The van der Waals surface area contributed by atoms with Gasteiger partial charge in [0.15, 0.2) is 5.78 Å². The van der Waals surface area contributed by atoms with Gasteiger partial charge in [-0.2, -0.15) is 0 Å². The number of carbonyl (C=O) groups excluding carboxylic acids is 3. The zero-order valence-corrected chi connectivity index (χ0v) is 29.6. The van der Waals surface area contributed by atoms with Crippen molar-refractivity contribution in [2.24, 2.45) is 11.5 Å². The molecular formula is C42H45N5O5. The molecule has 52 heavy (non-hydrogen) atoms. The maximum atomic E-state index is 11.9. The predicted molar refractivity (Wildman–Crippen MR) is 208 cm³/mol. The van der Waals surface area contributed by atoms with Gasteiger partial charge in [-0.1, -0.05) is 55.1 Å². The Hall–Kier alpha value is -5.97. The lowest BCUT2D eigenvalue weighted by Crippen LogP contribution is -2.11. The molecule has 0 unspecified atom stereocenters. The largest absolute Gasteiger partial charge is 0.399 e. The molecule has 10 heteroatoms. The van der Waals surface area contributed by atoms with Crippen molar-refractivity contribution >= 4 is 45.1 Å². The van der Waals surface area contributed by atoms with Crippen LogP contribution in [0.4, 0.5) is 5.69 Å². The number of ketones is 1. The van der Waals surface area contributed by atoms with Crippen molar-refractivity contribution in [1.82, 2.24) is 9.97 Å². The second-order valence-electron chi connectivity index (χ2n) is 12.3. The minimum atomic E-state index is -0.472. The maximum absolute atomic E-state index is 11.9. The van der Waals surface area contributed by atoms with E-state index in [-0.39, 0.29) is 5.78 Å². The highest BCUT2D eigenvalue weighted by molar-refractivity contribution is 6.10. The minimum Gasteiger partial charge on any atom is -0.399 e. The zero-order valence-electron chi connectivity index (χ0n) is 29.6. The molecule has 0 atom stereocenters. The lowest BCUT2D eigenvalue weighted by molar-refractivity contribution is -0.114. The van der Waals surface area contributed by atoms with Crippen molar-refractivity contribution in [3.8, 4) is 22.3 Å². The van der Waals surface area contributed by atoms with Gasteiger partial charge in [-0.25, -0.2) is 0 Å². The molecule has 6 rings (SSSR count). The molecule has 268 valence electrons. The number of rotatable bonds is 15. The van der Waals surface area contributed by atoms with Crippen molar-refractivity contribution < 1.29 is 23.9 Å². The summed E-state index contributed by atoms with van der Waals surface area (Å²) in [5, 5.41) is 1.89. The van der Waals surface area contributed by atoms with Gasteiger partial charge in [-0.05, 0) is 84.1 Å². The number of allylic oxidation sites excluding steroid dienone is 1. The standard InChI is InChI=1S/C23H24N2O3.C19H21N3O2/c1-3-18(26)13-15-6-5-7-16(12-15)19-8-9-20(23(24)27)22-21(19)14-17(25-22)10-11-28-4-2;1-2-24-9-8-14-11-17-15(12-4-3-5-13(20)10-12)6-7-16(19(21)23)18(17)22-14/h3,5-9,12,14,25H,1,4,10-11,13H2,2H3,(H2,24,27);3-7,10-11,22H,2,8-9,20H2,1H3,(H2,21,23). The number of aromatic amines is 2. The van der Waals surface area contributed by atoms with Gasteiger partial charge in [0, 0.05) is 60.3 Å². The first kappa shape index (κ1) is 37.3. The van der Waals surface area contributed by atoms with E-state index in [0.29, 0.717) is 56.1 Å². The lowest BCUT2D eigenvalue weighted by Gasteiger charge is -2.08. The van der Waals surface area contributed by atoms with E-state index in [1.807, 2.05) is 80.6 Å². The van der Waals surface area contributed by atoms with E-state index in [1.54, 1.807) is 12.1 Å². The second kappa shape index (κ2) is 17.3. The summed E-state index contributed by atoms with van der Waals surface area (Å²) >= 11 is 0. The fourth-order valence-corrected chi connectivity index (χ4v) is 6.21. The van der Waals surface area contributed by atoms with Gasteiger partial charge >= 0.3 is 0 Å². The number of amides is 2. The zero-order chi connectivity index (χ0) is 37.2. The van der Waals surface area contributed by atoms with Crippen LogP contribution in [0.1, 0.15) is 51.5 Å². The van der Waals surface area contributed by atoms with Crippen LogP contribution in [-0.2, 0) is 33.5 Å². The van der Waals surface area contributed by atoms with Crippen LogP contribution < -0.4 is 17.2 Å². The highest BCUT2D eigenvalue weighted by Crippen LogP contribution is 2.34. The van der Waals surface area contributed by atoms with Crippen molar-refractivity contribution in [1.29, 1.82) is 0 Å². The Morgan fingerprint density at radius 2 is 1.19 bits per heavy atom.